The molecule has 0 aliphatic heterocycles. The van der Waals surface area contributed by atoms with Crippen molar-refractivity contribution < 1.29 is 31.7 Å². The fourth-order valence-electron chi connectivity index (χ4n) is 9.79. The Balaban J connectivity index is 1.25. The van der Waals surface area contributed by atoms with Crippen molar-refractivity contribution in [3.8, 4) is 0 Å². The van der Waals surface area contributed by atoms with E-state index in [1.54, 1.807) is 36.4 Å². The van der Waals surface area contributed by atoms with Crippen LogP contribution in [-0.2, 0) is 28.6 Å². The van der Waals surface area contributed by atoms with Gasteiger partial charge in [0.1, 0.15) is 12.2 Å². The number of esters is 2. The summed E-state index contributed by atoms with van der Waals surface area (Å²) in [6.45, 7) is 8.11. The first-order chi connectivity index (χ1) is 20.9. The lowest BCUT2D eigenvalue weighted by Crippen LogP contribution is -2.55. The van der Waals surface area contributed by atoms with Crippen LogP contribution in [-0.4, -0.2) is 39.2 Å². The second-order valence-corrected chi connectivity index (χ2v) is 16.1. The average molecular weight is 623 g/mol. The highest BCUT2D eigenvalue weighted by atomic mass is 32.2. The lowest BCUT2D eigenvalue weighted by Gasteiger charge is -2.60. The second-order valence-electron chi connectivity index (χ2n) is 14.4. The summed E-state index contributed by atoms with van der Waals surface area (Å²) in [4.78, 5) is 25.2. The van der Waals surface area contributed by atoms with Crippen LogP contribution in [0.5, 0.6) is 0 Å². The second kappa shape index (κ2) is 11.9. The van der Waals surface area contributed by atoms with Crippen molar-refractivity contribution in [3.05, 3.63) is 65.7 Å². The van der Waals surface area contributed by atoms with Crippen LogP contribution in [0.4, 0.5) is 0 Å². The molecule has 0 heterocycles. The molecule has 0 saturated heterocycles. The molecule has 238 valence electrons. The molecule has 4 fully saturated rings. The Labute approximate surface area is 262 Å². The van der Waals surface area contributed by atoms with E-state index in [1.807, 2.05) is 25.1 Å². The number of aryl methyl sites for hydroxylation is 1. The van der Waals surface area contributed by atoms with Crippen molar-refractivity contribution >= 4 is 22.1 Å². The molecular formula is C36H46O7S. The lowest BCUT2D eigenvalue weighted by atomic mass is 9.45. The molecule has 4 saturated carbocycles. The van der Waals surface area contributed by atoms with E-state index in [0.29, 0.717) is 29.2 Å². The molecule has 0 unspecified atom stereocenters. The highest BCUT2D eigenvalue weighted by Crippen LogP contribution is 2.67. The number of carbonyl (C=O) groups is 2. The number of carbonyl (C=O) groups excluding carboxylic acids is 2. The molecule has 6 rings (SSSR count). The van der Waals surface area contributed by atoms with Crippen molar-refractivity contribution in [3.63, 3.8) is 0 Å². The number of hydrogen-bond acceptors (Lipinski definition) is 7. The minimum atomic E-state index is -3.96. The summed E-state index contributed by atoms with van der Waals surface area (Å²) >= 11 is 0. The lowest BCUT2D eigenvalue weighted by molar-refractivity contribution is -0.161. The third kappa shape index (κ3) is 5.73. The Morgan fingerprint density at radius 1 is 0.841 bits per heavy atom. The summed E-state index contributed by atoms with van der Waals surface area (Å²) in [5.74, 6) is 1.04. The van der Waals surface area contributed by atoms with E-state index in [9.17, 15) is 18.0 Å². The highest BCUT2D eigenvalue weighted by Gasteiger charge is 2.63. The Kier molecular flexibility index (Phi) is 8.46. The summed E-state index contributed by atoms with van der Waals surface area (Å²) < 4.78 is 44.2. The van der Waals surface area contributed by atoms with Gasteiger partial charge in [0.2, 0.25) is 0 Å². The van der Waals surface area contributed by atoms with Gasteiger partial charge in [-0.1, -0.05) is 49.7 Å². The molecule has 0 radical (unpaired) electrons. The van der Waals surface area contributed by atoms with E-state index >= 15 is 0 Å². The maximum atomic E-state index is 13.4. The van der Waals surface area contributed by atoms with Gasteiger partial charge in [-0.15, -0.1) is 0 Å². The smallest absolute Gasteiger partial charge is 0.338 e. The van der Waals surface area contributed by atoms with Crippen molar-refractivity contribution in [1.29, 1.82) is 0 Å². The van der Waals surface area contributed by atoms with Crippen LogP contribution in [0.3, 0.4) is 0 Å². The van der Waals surface area contributed by atoms with Crippen molar-refractivity contribution in [1.82, 2.24) is 0 Å². The van der Waals surface area contributed by atoms with E-state index < -0.39 is 16.2 Å². The Hall–Kier alpha value is -2.71. The van der Waals surface area contributed by atoms with E-state index in [4.69, 9.17) is 13.7 Å². The van der Waals surface area contributed by atoms with E-state index in [-0.39, 0.29) is 46.3 Å². The molecule has 2 aromatic carbocycles. The molecule has 8 heteroatoms. The van der Waals surface area contributed by atoms with Gasteiger partial charge in [-0.05, 0) is 112 Å². The molecule has 7 nitrogen and oxygen atoms in total. The van der Waals surface area contributed by atoms with Gasteiger partial charge in [0.15, 0.2) is 0 Å². The molecule has 0 bridgehead atoms. The van der Waals surface area contributed by atoms with Crippen LogP contribution in [0.1, 0.15) is 88.1 Å². The summed E-state index contributed by atoms with van der Waals surface area (Å²) in [7, 11) is -3.96. The fraction of sp³-hybridized carbons (Fsp3) is 0.611. The molecule has 0 spiro atoms. The summed E-state index contributed by atoms with van der Waals surface area (Å²) in [5.41, 5.74) is 1.38. The van der Waals surface area contributed by atoms with E-state index in [0.717, 1.165) is 56.9 Å². The molecular weight excluding hydrogens is 576 g/mol. The Bertz CT molecular complexity index is 1470. The molecule has 4 aliphatic carbocycles. The first-order valence-electron chi connectivity index (χ1n) is 16.3. The minimum absolute atomic E-state index is 0.0150. The largest absolute Gasteiger partial charge is 0.463 e. The van der Waals surface area contributed by atoms with Crippen LogP contribution in [0.2, 0.25) is 0 Å². The van der Waals surface area contributed by atoms with Gasteiger partial charge in [-0.2, -0.15) is 8.42 Å². The SMILES string of the molecule is CC(=O)O[C@H]1CC[C@@]2(C)[C@@H](CC[C@@H]3[C@@H]2CC[C@@]2(C)[C@H]3C[C@H](COS(=O)(=O)c3ccc(C)cc3)[C@@H]2OC(=O)c2ccccc2)C1. The molecule has 0 aromatic heterocycles. The highest BCUT2D eigenvalue weighted by molar-refractivity contribution is 7.86. The maximum absolute atomic E-state index is 13.4. The van der Waals surface area contributed by atoms with Crippen LogP contribution >= 0.6 is 0 Å². The molecule has 0 N–H and O–H groups in total. The van der Waals surface area contributed by atoms with Crippen LogP contribution in [0, 0.1) is 47.3 Å². The summed E-state index contributed by atoms with van der Waals surface area (Å²) in [6, 6.07) is 15.7. The Morgan fingerprint density at radius 3 is 2.25 bits per heavy atom. The number of hydrogen-bond donors (Lipinski definition) is 0. The van der Waals surface area contributed by atoms with Crippen LogP contribution < -0.4 is 0 Å². The Morgan fingerprint density at radius 2 is 1.55 bits per heavy atom. The maximum Gasteiger partial charge on any atom is 0.338 e. The third-order valence-electron chi connectivity index (χ3n) is 12.0. The number of rotatable bonds is 7. The normalized spacial score (nSPS) is 36.4. The third-order valence-corrected chi connectivity index (χ3v) is 13.3. The zero-order chi connectivity index (χ0) is 31.3. The molecule has 44 heavy (non-hydrogen) atoms. The fourth-order valence-corrected chi connectivity index (χ4v) is 10.7. The van der Waals surface area contributed by atoms with E-state index in [2.05, 4.69) is 13.8 Å². The summed E-state index contributed by atoms with van der Waals surface area (Å²) in [5, 5.41) is 0. The molecule has 9 atom stereocenters. The first kappa shape index (κ1) is 31.3. The van der Waals surface area contributed by atoms with Crippen molar-refractivity contribution in [2.24, 2.45) is 40.4 Å². The molecule has 0 amide bonds. The van der Waals surface area contributed by atoms with Gasteiger partial charge in [0.25, 0.3) is 10.1 Å². The number of ether oxygens (including phenoxy) is 2. The van der Waals surface area contributed by atoms with Gasteiger partial charge in [0, 0.05) is 18.3 Å². The van der Waals surface area contributed by atoms with Gasteiger partial charge in [-0.3, -0.25) is 8.98 Å². The molecule has 4 aliphatic rings. The van der Waals surface area contributed by atoms with Crippen molar-refractivity contribution in [2.45, 2.75) is 96.2 Å². The van der Waals surface area contributed by atoms with Crippen LogP contribution in [0.25, 0.3) is 0 Å². The van der Waals surface area contributed by atoms with Gasteiger partial charge in [-0.25, -0.2) is 4.79 Å². The van der Waals surface area contributed by atoms with Crippen molar-refractivity contribution in [2.75, 3.05) is 6.61 Å². The standard InChI is InChI=1S/C36H46O7S/c1-23-10-13-29(14-11-23)44(39,40)41-22-26-20-32-30-15-12-27-21-28(42-24(2)37)16-18-35(27,3)31(30)17-19-36(32,4)33(26)43-34(38)25-8-6-5-7-9-25/h5-11,13-14,26-28,30-33H,12,15-22H2,1-4H3/t26-,27+,28+,30-,31+,32+,33+,35+,36+/m1/s1. The zero-order valence-electron chi connectivity index (χ0n) is 26.4. The molecule has 2 aromatic rings. The van der Waals surface area contributed by atoms with Crippen LogP contribution in [0.15, 0.2) is 59.5 Å². The number of fused-ring (bicyclic) bond motifs is 5. The van der Waals surface area contributed by atoms with Gasteiger partial charge < -0.3 is 9.47 Å². The topological polar surface area (TPSA) is 96.0 Å². The zero-order valence-corrected chi connectivity index (χ0v) is 27.2. The van der Waals surface area contributed by atoms with Gasteiger partial charge in [0.05, 0.1) is 17.1 Å². The minimum Gasteiger partial charge on any atom is -0.463 e. The quantitative estimate of drug-likeness (QED) is 0.240. The predicted molar refractivity (Wildman–Crippen MR) is 166 cm³/mol. The van der Waals surface area contributed by atoms with E-state index in [1.165, 1.54) is 6.92 Å². The van der Waals surface area contributed by atoms with Gasteiger partial charge >= 0.3 is 11.9 Å². The predicted octanol–water partition coefficient (Wildman–Crippen LogP) is 7.13. The monoisotopic (exact) mass is 622 g/mol. The average Bonchev–Trinajstić information content (AvgIpc) is 3.28. The number of benzene rings is 2. The summed E-state index contributed by atoms with van der Waals surface area (Å²) in [6.07, 6.45) is 7.39. The first-order valence-corrected chi connectivity index (χ1v) is 17.7.